The van der Waals surface area contributed by atoms with Crippen LogP contribution in [0.25, 0.3) is 28.2 Å². The number of methoxy groups -OCH3 is 1. The number of carbonyl (C=O) groups is 1. The van der Waals surface area contributed by atoms with Crippen molar-refractivity contribution in [1.82, 2.24) is 4.98 Å². The van der Waals surface area contributed by atoms with Gasteiger partial charge in [-0.2, -0.15) is 0 Å². The molecule has 1 atom stereocenters. The third kappa shape index (κ3) is 4.44. The number of nitrogens with zero attached hydrogens (tertiary/aromatic N) is 1. The van der Waals surface area contributed by atoms with Crippen molar-refractivity contribution in [3.63, 3.8) is 0 Å². The summed E-state index contributed by atoms with van der Waals surface area (Å²) >= 11 is 0. The average Bonchev–Trinajstić information content (AvgIpc) is 3.35. The Morgan fingerprint density at radius 2 is 1.62 bits per heavy atom. The van der Waals surface area contributed by atoms with Crippen LogP contribution in [-0.2, 0) is 11.2 Å². The summed E-state index contributed by atoms with van der Waals surface area (Å²) in [6.45, 7) is 0. The van der Waals surface area contributed by atoms with E-state index in [1.807, 2.05) is 60.7 Å². The van der Waals surface area contributed by atoms with Gasteiger partial charge in [-0.3, -0.25) is 0 Å². The van der Waals surface area contributed by atoms with Crippen molar-refractivity contribution in [2.45, 2.75) is 25.7 Å². The minimum absolute atomic E-state index is 0.213. The van der Waals surface area contributed by atoms with E-state index in [4.69, 9.17) is 14.1 Å². The van der Waals surface area contributed by atoms with E-state index in [2.05, 4.69) is 30.3 Å². The van der Waals surface area contributed by atoms with Crippen LogP contribution < -0.4 is 0 Å². The van der Waals surface area contributed by atoms with E-state index in [1.54, 1.807) is 0 Å². The van der Waals surface area contributed by atoms with Crippen LogP contribution in [0.3, 0.4) is 0 Å². The number of hydrogen-bond acceptors (Lipinski definition) is 4. The second-order valence-corrected chi connectivity index (χ2v) is 8.57. The molecule has 4 nitrogen and oxygen atoms in total. The molecule has 1 heterocycles. The van der Waals surface area contributed by atoms with Gasteiger partial charge in [0, 0.05) is 16.7 Å². The van der Waals surface area contributed by atoms with Crippen LogP contribution >= 0.6 is 0 Å². The Hall–Kier alpha value is -3.92. The molecule has 0 saturated heterocycles. The van der Waals surface area contributed by atoms with Crippen LogP contribution in [0.15, 0.2) is 95.4 Å². The summed E-state index contributed by atoms with van der Waals surface area (Å²) in [6.07, 6.45) is 6.11. The second kappa shape index (κ2) is 9.92. The van der Waals surface area contributed by atoms with Crippen LogP contribution in [0.4, 0.5) is 0 Å². The van der Waals surface area contributed by atoms with Gasteiger partial charge in [-0.1, -0.05) is 84.9 Å². The topological polar surface area (TPSA) is 52.3 Å². The van der Waals surface area contributed by atoms with Crippen molar-refractivity contribution in [3.05, 3.63) is 108 Å². The van der Waals surface area contributed by atoms with Crippen LogP contribution in [-0.4, -0.2) is 18.1 Å². The monoisotopic (exact) mass is 449 g/mol. The van der Waals surface area contributed by atoms with Gasteiger partial charge in [0.05, 0.1) is 12.7 Å². The number of carbonyl (C=O) groups excluding carboxylic acids is 1. The molecule has 170 valence electrons. The largest absolute Gasteiger partial charge is 0.465 e. The van der Waals surface area contributed by atoms with Gasteiger partial charge in [0.1, 0.15) is 5.69 Å². The first kappa shape index (κ1) is 21.9. The molecule has 0 fully saturated rings. The first-order valence-electron chi connectivity index (χ1n) is 11.7. The van der Waals surface area contributed by atoms with Crippen molar-refractivity contribution in [2.24, 2.45) is 5.92 Å². The normalized spacial score (nSPS) is 15.6. The molecule has 0 spiro atoms. The third-order valence-corrected chi connectivity index (χ3v) is 6.41. The summed E-state index contributed by atoms with van der Waals surface area (Å²) in [5.41, 5.74) is 5.61. The lowest BCUT2D eigenvalue weighted by molar-refractivity contribution is 0.0599. The molecule has 0 bridgehead atoms. The fraction of sp³-hybridized carbons (Fsp3) is 0.200. The van der Waals surface area contributed by atoms with E-state index in [0.29, 0.717) is 11.5 Å². The first-order chi connectivity index (χ1) is 16.7. The lowest BCUT2D eigenvalue weighted by atomic mass is 9.82. The van der Waals surface area contributed by atoms with Gasteiger partial charge in [0.2, 0.25) is 5.89 Å². The van der Waals surface area contributed by atoms with Crippen LogP contribution in [0, 0.1) is 5.92 Å². The van der Waals surface area contributed by atoms with E-state index in [-0.39, 0.29) is 11.9 Å². The zero-order chi connectivity index (χ0) is 23.3. The van der Waals surface area contributed by atoms with Gasteiger partial charge in [-0.25, -0.2) is 9.78 Å². The molecular formula is C30H27NO3. The number of esters is 1. The molecule has 1 aliphatic carbocycles. The van der Waals surface area contributed by atoms with Crippen molar-refractivity contribution >= 4 is 11.5 Å². The van der Waals surface area contributed by atoms with Gasteiger partial charge < -0.3 is 9.15 Å². The molecule has 1 aliphatic rings. The summed E-state index contributed by atoms with van der Waals surface area (Å²) in [4.78, 5) is 17.3. The Morgan fingerprint density at radius 1 is 0.941 bits per heavy atom. The molecule has 0 saturated carbocycles. The zero-order valence-electron chi connectivity index (χ0n) is 19.2. The number of allylic oxidation sites excluding steroid dienone is 2. The molecule has 3 aromatic carbocycles. The van der Waals surface area contributed by atoms with Crippen LogP contribution in [0.2, 0.25) is 0 Å². The smallest absolute Gasteiger partial charge is 0.338 e. The molecule has 0 amide bonds. The summed E-state index contributed by atoms with van der Waals surface area (Å²) < 4.78 is 11.5. The number of oxazole rings is 1. The minimum atomic E-state index is -0.300. The summed E-state index contributed by atoms with van der Waals surface area (Å²) in [6, 6.07) is 28.0. The SMILES string of the molecule is COC(=O)c1ccccc1CC1CCCC=C1c1nc(-c2ccccc2)c(-c2ccccc2)o1. The van der Waals surface area contributed by atoms with Crippen LogP contribution in [0.5, 0.6) is 0 Å². The maximum Gasteiger partial charge on any atom is 0.338 e. The highest BCUT2D eigenvalue weighted by molar-refractivity contribution is 5.91. The Morgan fingerprint density at radius 3 is 2.35 bits per heavy atom. The molecule has 34 heavy (non-hydrogen) atoms. The highest BCUT2D eigenvalue weighted by Crippen LogP contribution is 2.40. The highest BCUT2D eigenvalue weighted by atomic mass is 16.5. The zero-order valence-corrected chi connectivity index (χ0v) is 19.2. The fourth-order valence-electron chi connectivity index (χ4n) is 4.71. The van der Waals surface area contributed by atoms with E-state index >= 15 is 0 Å². The van der Waals surface area contributed by atoms with Crippen LogP contribution in [0.1, 0.15) is 41.1 Å². The Bertz CT molecular complexity index is 1250. The lowest BCUT2D eigenvalue weighted by Gasteiger charge is -2.23. The number of aromatic nitrogens is 1. The molecule has 4 aromatic rings. The van der Waals surface area contributed by atoms with E-state index in [9.17, 15) is 4.79 Å². The average molecular weight is 450 g/mol. The van der Waals surface area contributed by atoms with Crippen molar-refractivity contribution in [1.29, 1.82) is 0 Å². The number of hydrogen-bond donors (Lipinski definition) is 0. The quantitative estimate of drug-likeness (QED) is 0.292. The molecule has 4 heteroatoms. The van der Waals surface area contributed by atoms with Gasteiger partial charge in [0.15, 0.2) is 5.76 Å². The lowest BCUT2D eigenvalue weighted by Crippen LogP contribution is -2.14. The molecular weight excluding hydrogens is 422 g/mol. The maximum absolute atomic E-state index is 12.3. The standard InChI is InChI=1S/C30H27NO3/c1-33-30(32)26-19-11-9-17-24(26)20-23-16-8-10-18-25(23)29-31-27(21-12-4-2-5-13-21)28(34-29)22-14-6-3-7-15-22/h2-7,9,11-15,17-19,23H,8,10,16,20H2,1H3. The van der Waals surface area contributed by atoms with Gasteiger partial charge in [0.25, 0.3) is 0 Å². The molecule has 0 radical (unpaired) electrons. The highest BCUT2D eigenvalue weighted by Gasteiger charge is 2.27. The van der Waals surface area contributed by atoms with E-state index in [1.165, 1.54) is 7.11 Å². The van der Waals surface area contributed by atoms with Gasteiger partial charge >= 0.3 is 5.97 Å². The Balaban J connectivity index is 1.55. The van der Waals surface area contributed by atoms with Crippen molar-refractivity contribution in [2.75, 3.05) is 7.11 Å². The molecule has 5 rings (SSSR count). The third-order valence-electron chi connectivity index (χ3n) is 6.41. The number of benzene rings is 3. The van der Waals surface area contributed by atoms with Gasteiger partial charge in [-0.05, 0) is 43.2 Å². The minimum Gasteiger partial charge on any atom is -0.465 e. The van der Waals surface area contributed by atoms with Crippen molar-refractivity contribution < 1.29 is 13.9 Å². The molecule has 0 N–H and O–H groups in total. The van der Waals surface area contributed by atoms with Gasteiger partial charge in [-0.15, -0.1) is 0 Å². The fourth-order valence-corrected chi connectivity index (χ4v) is 4.71. The first-order valence-corrected chi connectivity index (χ1v) is 11.7. The maximum atomic E-state index is 12.3. The predicted octanol–water partition coefficient (Wildman–Crippen LogP) is 7.22. The van der Waals surface area contributed by atoms with E-state index < -0.39 is 0 Å². The van der Waals surface area contributed by atoms with E-state index in [0.717, 1.165) is 59.4 Å². The summed E-state index contributed by atoms with van der Waals surface area (Å²) in [5, 5.41) is 0. The van der Waals surface area contributed by atoms with Crippen molar-refractivity contribution in [3.8, 4) is 22.6 Å². The molecule has 0 aliphatic heterocycles. The number of rotatable bonds is 6. The predicted molar refractivity (Wildman–Crippen MR) is 134 cm³/mol. The second-order valence-electron chi connectivity index (χ2n) is 8.57. The Kier molecular flexibility index (Phi) is 6.39. The summed E-state index contributed by atoms with van der Waals surface area (Å²) in [7, 11) is 1.42. The number of ether oxygens (including phenoxy) is 1. The Labute approximate surface area is 199 Å². The summed E-state index contributed by atoms with van der Waals surface area (Å²) in [5.74, 6) is 1.36. The molecule has 1 aromatic heterocycles. The molecule has 1 unspecified atom stereocenters.